The van der Waals surface area contributed by atoms with Gasteiger partial charge in [0.05, 0.1) is 13.2 Å². The minimum Gasteiger partial charge on any atom is -0.467 e. The molecule has 2 saturated carbocycles. The van der Waals surface area contributed by atoms with Crippen molar-refractivity contribution in [3.63, 3.8) is 0 Å². The fraction of sp³-hybridized carbons (Fsp3) is 0.929. The third-order valence-corrected chi connectivity index (χ3v) is 5.72. The smallest absolute Gasteiger partial charge is 0.336 e. The average molecular weight is 255 g/mol. The first-order chi connectivity index (χ1) is 8.36. The van der Waals surface area contributed by atoms with Crippen LogP contribution in [0.1, 0.15) is 40.0 Å². The lowest BCUT2D eigenvalue weighted by Crippen LogP contribution is -2.43. The summed E-state index contributed by atoms with van der Waals surface area (Å²) in [5, 5.41) is 0. The normalized spacial score (nSPS) is 38.7. The highest BCUT2D eigenvalue weighted by atomic mass is 16.6. The minimum absolute atomic E-state index is 0.124. The number of carbonyl (C=O) groups is 1. The summed E-state index contributed by atoms with van der Waals surface area (Å²) in [6.45, 7) is 7.12. The zero-order valence-electron chi connectivity index (χ0n) is 11.9. The van der Waals surface area contributed by atoms with Crippen LogP contribution in [0.2, 0.25) is 0 Å². The summed E-state index contributed by atoms with van der Waals surface area (Å²) in [7, 11) is 1.38. The van der Waals surface area contributed by atoms with Crippen LogP contribution in [0.25, 0.3) is 0 Å². The quantitative estimate of drug-likeness (QED) is 0.777. The van der Waals surface area contributed by atoms with Gasteiger partial charge in [0.1, 0.15) is 0 Å². The molecule has 18 heavy (non-hydrogen) atoms. The zero-order valence-corrected chi connectivity index (χ0v) is 11.9. The lowest BCUT2D eigenvalue weighted by molar-refractivity contribution is -0.163. The van der Waals surface area contributed by atoms with E-state index in [-0.39, 0.29) is 29.4 Å². The molecule has 0 aromatic carbocycles. The molecule has 4 nitrogen and oxygen atoms in total. The molecule has 2 aliphatic carbocycles. The summed E-state index contributed by atoms with van der Waals surface area (Å²) in [6, 6.07) is 0. The maximum Gasteiger partial charge on any atom is 0.336 e. The van der Waals surface area contributed by atoms with Crippen LogP contribution in [0.5, 0.6) is 0 Å². The van der Waals surface area contributed by atoms with E-state index in [1.807, 2.05) is 0 Å². The Kier molecular flexibility index (Phi) is 3.45. The van der Waals surface area contributed by atoms with Crippen LogP contribution in [0, 0.1) is 16.7 Å². The molecule has 4 unspecified atom stereocenters. The molecule has 2 bridgehead atoms. The van der Waals surface area contributed by atoms with Crippen LogP contribution in [0.15, 0.2) is 0 Å². The van der Waals surface area contributed by atoms with E-state index in [0.29, 0.717) is 5.92 Å². The molecule has 0 saturated heterocycles. The first-order valence-electron chi connectivity index (χ1n) is 6.80. The van der Waals surface area contributed by atoms with E-state index in [2.05, 4.69) is 20.8 Å². The van der Waals surface area contributed by atoms with Crippen LogP contribution in [-0.4, -0.2) is 31.8 Å². The van der Waals surface area contributed by atoms with Gasteiger partial charge in [0.2, 0.25) is 0 Å². The van der Waals surface area contributed by atoms with E-state index in [0.717, 1.165) is 6.42 Å². The van der Waals surface area contributed by atoms with Gasteiger partial charge in [-0.3, -0.25) is 0 Å². The molecular formula is C14H25NO3. The van der Waals surface area contributed by atoms with Crippen molar-refractivity contribution >= 4 is 5.97 Å². The molecule has 0 aromatic heterocycles. The molecule has 2 aliphatic rings. The number of hydrogen-bond donors (Lipinski definition) is 1. The first-order valence-corrected chi connectivity index (χ1v) is 6.80. The molecule has 2 fully saturated rings. The minimum atomic E-state index is -0.619. The Balaban J connectivity index is 2.10. The van der Waals surface area contributed by atoms with Gasteiger partial charge in [0.15, 0.2) is 6.10 Å². The second kappa shape index (κ2) is 4.49. The Bertz CT molecular complexity index is 342. The van der Waals surface area contributed by atoms with Crippen LogP contribution in [0.3, 0.4) is 0 Å². The summed E-state index contributed by atoms with van der Waals surface area (Å²) in [5.41, 5.74) is 6.05. The van der Waals surface area contributed by atoms with Crippen molar-refractivity contribution in [3.05, 3.63) is 0 Å². The highest BCUT2D eigenvalue weighted by molar-refractivity contribution is 5.74. The van der Waals surface area contributed by atoms with E-state index in [4.69, 9.17) is 15.2 Å². The summed E-state index contributed by atoms with van der Waals surface area (Å²) < 4.78 is 10.7. The molecule has 0 radical (unpaired) electrons. The van der Waals surface area contributed by atoms with Gasteiger partial charge in [-0.25, -0.2) is 4.79 Å². The number of carbonyl (C=O) groups excluding carboxylic acids is 1. The number of ether oxygens (including phenoxy) is 2. The molecule has 0 amide bonds. The standard InChI is InChI=1S/C14H25NO3/c1-13(2)9-5-6-14(13,3)11(7-9)18-10(8-15)12(16)17-4/h9-11H,5-8,15H2,1-4H3. The summed E-state index contributed by atoms with van der Waals surface area (Å²) in [6.07, 6.45) is 2.99. The van der Waals surface area contributed by atoms with E-state index < -0.39 is 6.10 Å². The fourth-order valence-electron chi connectivity index (χ4n) is 3.87. The molecule has 2 rings (SSSR count). The summed E-state index contributed by atoms with van der Waals surface area (Å²) in [5.74, 6) is 0.338. The molecule has 0 aromatic rings. The van der Waals surface area contributed by atoms with E-state index in [1.165, 1.54) is 20.0 Å². The van der Waals surface area contributed by atoms with Crippen molar-refractivity contribution in [2.45, 2.75) is 52.2 Å². The molecule has 2 N–H and O–H groups in total. The SMILES string of the molecule is COC(=O)C(CN)OC1CC2CCC1(C)C2(C)C. The summed E-state index contributed by atoms with van der Waals surface area (Å²) in [4.78, 5) is 11.6. The Morgan fingerprint density at radius 2 is 2.11 bits per heavy atom. The van der Waals surface area contributed by atoms with Crippen LogP contribution >= 0.6 is 0 Å². The maximum atomic E-state index is 11.6. The van der Waals surface area contributed by atoms with E-state index in [9.17, 15) is 4.79 Å². The van der Waals surface area contributed by atoms with Gasteiger partial charge in [-0.2, -0.15) is 0 Å². The average Bonchev–Trinajstić information content (AvgIpc) is 2.67. The predicted octanol–water partition coefficient (Wildman–Crippen LogP) is 1.72. The van der Waals surface area contributed by atoms with Crippen LogP contribution < -0.4 is 5.73 Å². The highest BCUT2D eigenvalue weighted by Gasteiger charge is 2.62. The van der Waals surface area contributed by atoms with E-state index >= 15 is 0 Å². The van der Waals surface area contributed by atoms with Gasteiger partial charge >= 0.3 is 5.97 Å². The highest BCUT2D eigenvalue weighted by Crippen LogP contribution is 2.66. The molecule has 0 spiro atoms. The largest absolute Gasteiger partial charge is 0.467 e. The maximum absolute atomic E-state index is 11.6. The molecule has 0 heterocycles. The Labute approximate surface area is 109 Å². The number of hydrogen-bond acceptors (Lipinski definition) is 4. The van der Waals surface area contributed by atoms with Crippen molar-refractivity contribution in [1.82, 2.24) is 0 Å². The second-order valence-electron chi connectivity index (χ2n) is 6.48. The number of methoxy groups -OCH3 is 1. The third-order valence-electron chi connectivity index (χ3n) is 5.72. The van der Waals surface area contributed by atoms with Crippen molar-refractivity contribution in [2.24, 2.45) is 22.5 Å². The lowest BCUT2D eigenvalue weighted by atomic mass is 9.70. The Hall–Kier alpha value is -0.610. The van der Waals surface area contributed by atoms with Crippen LogP contribution in [-0.2, 0) is 14.3 Å². The molecule has 0 aliphatic heterocycles. The van der Waals surface area contributed by atoms with Crippen molar-refractivity contribution < 1.29 is 14.3 Å². The van der Waals surface area contributed by atoms with Crippen molar-refractivity contribution in [1.29, 1.82) is 0 Å². The molecule has 4 atom stereocenters. The van der Waals surface area contributed by atoms with E-state index in [1.54, 1.807) is 0 Å². The Morgan fingerprint density at radius 3 is 2.50 bits per heavy atom. The molecule has 104 valence electrons. The topological polar surface area (TPSA) is 61.5 Å². The molecular weight excluding hydrogens is 230 g/mol. The zero-order chi connectivity index (χ0) is 13.6. The van der Waals surface area contributed by atoms with Gasteiger partial charge in [-0.1, -0.05) is 20.8 Å². The lowest BCUT2D eigenvalue weighted by Gasteiger charge is -2.39. The van der Waals surface area contributed by atoms with Gasteiger partial charge in [0.25, 0.3) is 0 Å². The number of esters is 1. The third kappa shape index (κ3) is 1.77. The van der Waals surface area contributed by atoms with Gasteiger partial charge < -0.3 is 15.2 Å². The van der Waals surface area contributed by atoms with Gasteiger partial charge in [0, 0.05) is 6.54 Å². The second-order valence-corrected chi connectivity index (χ2v) is 6.48. The van der Waals surface area contributed by atoms with Gasteiger partial charge in [-0.05, 0) is 36.0 Å². The van der Waals surface area contributed by atoms with Crippen molar-refractivity contribution in [2.75, 3.05) is 13.7 Å². The first kappa shape index (κ1) is 13.8. The van der Waals surface area contributed by atoms with Gasteiger partial charge in [-0.15, -0.1) is 0 Å². The number of fused-ring (bicyclic) bond motifs is 2. The number of rotatable bonds is 4. The van der Waals surface area contributed by atoms with Crippen LogP contribution in [0.4, 0.5) is 0 Å². The summed E-state index contributed by atoms with van der Waals surface area (Å²) >= 11 is 0. The molecule has 4 heteroatoms. The number of nitrogens with two attached hydrogens (primary N) is 1. The predicted molar refractivity (Wildman–Crippen MR) is 69.0 cm³/mol. The van der Waals surface area contributed by atoms with Crippen molar-refractivity contribution in [3.8, 4) is 0 Å². The Morgan fingerprint density at radius 1 is 1.44 bits per heavy atom. The monoisotopic (exact) mass is 255 g/mol. The fourth-order valence-corrected chi connectivity index (χ4v) is 3.87.